The summed E-state index contributed by atoms with van der Waals surface area (Å²) < 4.78 is 10.5. The lowest BCUT2D eigenvalue weighted by Gasteiger charge is -2.19. The van der Waals surface area contributed by atoms with Crippen LogP contribution in [0, 0.1) is 0 Å². The van der Waals surface area contributed by atoms with Gasteiger partial charge in [-0.15, -0.1) is 0 Å². The number of hydrogen-bond donors (Lipinski definition) is 2. The summed E-state index contributed by atoms with van der Waals surface area (Å²) in [6.45, 7) is 4.67. The molecule has 0 aromatic carbocycles. The number of nitrogens with one attached hydrogen (secondary N) is 1. The van der Waals surface area contributed by atoms with E-state index < -0.39 is 35.7 Å². The van der Waals surface area contributed by atoms with Crippen LogP contribution in [-0.2, 0) is 32.0 Å². The lowest BCUT2D eigenvalue weighted by Crippen LogP contribution is -2.30. The Hall–Kier alpha value is -2.25. The van der Waals surface area contributed by atoms with Gasteiger partial charge in [0.1, 0.15) is 12.1 Å². The van der Waals surface area contributed by atoms with Crippen LogP contribution in [0.15, 0.2) is 4.79 Å². The molecule has 0 fully saturated rings. The maximum atomic E-state index is 11.7. The highest BCUT2D eigenvalue weighted by Gasteiger charge is 2.22. The molecule has 0 unspecified atom stereocenters. The first kappa shape index (κ1) is 15.8. The zero-order valence-electron chi connectivity index (χ0n) is 11.8. The van der Waals surface area contributed by atoms with Crippen molar-refractivity contribution in [2.24, 2.45) is 0 Å². The van der Waals surface area contributed by atoms with Gasteiger partial charge in [0, 0.05) is 0 Å². The first-order valence-electron chi connectivity index (χ1n) is 5.93. The van der Waals surface area contributed by atoms with Gasteiger partial charge in [-0.05, 0) is 20.8 Å². The third-order valence-corrected chi connectivity index (χ3v) is 2.32. The molecule has 0 saturated heterocycles. The van der Waals surface area contributed by atoms with Crippen molar-refractivity contribution in [2.45, 2.75) is 39.3 Å². The van der Waals surface area contributed by atoms with Crippen LogP contribution < -0.4 is 5.69 Å². The fraction of sp³-hybridized carbons (Fsp3) is 0.583. The van der Waals surface area contributed by atoms with Crippen molar-refractivity contribution in [3.63, 3.8) is 0 Å². The van der Waals surface area contributed by atoms with Gasteiger partial charge >= 0.3 is 17.6 Å². The molecule has 8 nitrogen and oxygen atoms in total. The number of aromatic hydroxyl groups is 1. The molecule has 1 aromatic heterocycles. The van der Waals surface area contributed by atoms with Crippen LogP contribution in [0.4, 0.5) is 0 Å². The fourth-order valence-corrected chi connectivity index (χ4v) is 1.55. The van der Waals surface area contributed by atoms with Gasteiger partial charge in [0.25, 0.3) is 0 Å². The minimum Gasteiger partial charge on any atom is -0.493 e. The minimum absolute atomic E-state index is 0.0206. The second kappa shape index (κ2) is 5.81. The van der Waals surface area contributed by atoms with Crippen LogP contribution in [0.5, 0.6) is 5.88 Å². The van der Waals surface area contributed by atoms with E-state index in [2.05, 4.69) is 9.72 Å². The Bertz CT molecular complexity index is 563. The lowest BCUT2D eigenvalue weighted by atomic mass is 10.2. The van der Waals surface area contributed by atoms with Gasteiger partial charge in [-0.2, -0.15) is 0 Å². The normalized spacial score (nSPS) is 11.2. The van der Waals surface area contributed by atoms with Crippen LogP contribution in [-0.4, -0.2) is 39.3 Å². The molecule has 0 spiro atoms. The zero-order chi connectivity index (χ0) is 15.5. The fourth-order valence-electron chi connectivity index (χ4n) is 1.55. The number of rotatable bonds is 4. The maximum Gasteiger partial charge on any atom is 0.329 e. The molecule has 2 N–H and O–H groups in total. The quantitative estimate of drug-likeness (QED) is 0.750. The smallest absolute Gasteiger partial charge is 0.329 e. The second-order valence-electron chi connectivity index (χ2n) is 5.15. The third-order valence-electron chi connectivity index (χ3n) is 2.32. The van der Waals surface area contributed by atoms with E-state index in [1.807, 2.05) is 0 Å². The van der Waals surface area contributed by atoms with Crippen molar-refractivity contribution in [1.29, 1.82) is 0 Å². The van der Waals surface area contributed by atoms with Crippen LogP contribution in [0.3, 0.4) is 0 Å². The molecule has 112 valence electrons. The van der Waals surface area contributed by atoms with E-state index in [9.17, 15) is 19.5 Å². The topological polar surface area (TPSA) is 111 Å². The Morgan fingerprint density at radius 2 is 1.90 bits per heavy atom. The van der Waals surface area contributed by atoms with Crippen molar-refractivity contribution < 1.29 is 24.2 Å². The first-order chi connectivity index (χ1) is 9.14. The Labute approximate surface area is 115 Å². The number of carbonyl (C=O) groups excluding carboxylic acids is 2. The van der Waals surface area contributed by atoms with E-state index >= 15 is 0 Å². The van der Waals surface area contributed by atoms with Crippen molar-refractivity contribution in [1.82, 2.24) is 9.55 Å². The number of carbonyl (C=O) groups is 2. The van der Waals surface area contributed by atoms with Gasteiger partial charge in [0.15, 0.2) is 0 Å². The summed E-state index contributed by atoms with van der Waals surface area (Å²) in [6.07, 6.45) is -0.329. The van der Waals surface area contributed by atoms with Gasteiger partial charge in [-0.1, -0.05) is 0 Å². The van der Waals surface area contributed by atoms with Gasteiger partial charge < -0.3 is 14.6 Å². The zero-order valence-corrected chi connectivity index (χ0v) is 11.8. The number of aromatic amines is 1. The molecule has 1 rings (SSSR count). The number of H-pyrrole nitrogens is 1. The molecule has 8 heteroatoms. The first-order valence-corrected chi connectivity index (χ1v) is 5.93. The van der Waals surface area contributed by atoms with Gasteiger partial charge in [0.2, 0.25) is 5.88 Å². The van der Waals surface area contributed by atoms with E-state index in [4.69, 9.17) is 4.74 Å². The van der Waals surface area contributed by atoms with Crippen molar-refractivity contribution >= 4 is 11.9 Å². The number of hydrogen-bond acceptors (Lipinski definition) is 6. The number of imidazole rings is 1. The second-order valence-corrected chi connectivity index (χ2v) is 5.15. The third kappa shape index (κ3) is 4.15. The largest absolute Gasteiger partial charge is 0.493 e. The molecule has 1 aromatic rings. The highest BCUT2D eigenvalue weighted by Crippen LogP contribution is 2.14. The number of nitrogens with zero attached hydrogens (tertiary/aromatic N) is 1. The molecule has 0 aliphatic rings. The Morgan fingerprint density at radius 3 is 2.40 bits per heavy atom. The summed E-state index contributed by atoms with van der Waals surface area (Å²) in [4.78, 5) is 36.7. The van der Waals surface area contributed by atoms with Crippen molar-refractivity contribution in [3.8, 4) is 5.88 Å². The number of esters is 2. The molecule has 20 heavy (non-hydrogen) atoms. The Balaban J connectivity index is 2.97. The SMILES string of the molecule is COC(=O)Cc1c(O)[nH]c(=O)n1CC(=O)OC(C)(C)C. The molecular weight excluding hydrogens is 268 g/mol. The molecular formula is C12H18N2O6. The molecule has 0 radical (unpaired) electrons. The maximum absolute atomic E-state index is 11.7. The molecule has 0 amide bonds. The van der Waals surface area contributed by atoms with Crippen molar-refractivity contribution in [3.05, 3.63) is 16.2 Å². The van der Waals surface area contributed by atoms with Crippen LogP contribution in [0.1, 0.15) is 26.5 Å². The minimum atomic E-state index is -0.702. The summed E-state index contributed by atoms with van der Waals surface area (Å²) in [5.41, 5.74) is -1.42. The molecule has 1 heterocycles. The van der Waals surface area contributed by atoms with Gasteiger partial charge in [0.05, 0.1) is 19.2 Å². The average Bonchev–Trinajstić information content (AvgIpc) is 2.53. The van der Waals surface area contributed by atoms with Gasteiger partial charge in [-0.3, -0.25) is 19.1 Å². The standard InChI is InChI=1S/C12H18N2O6/c1-12(2,3)20-9(16)6-14-7(5-8(15)19-4)10(17)13-11(14)18/h17H,5-6H2,1-4H3,(H,13,18). The summed E-state index contributed by atoms with van der Waals surface area (Å²) in [5, 5.41) is 9.57. The molecule has 0 aliphatic heterocycles. The van der Waals surface area contributed by atoms with E-state index in [-0.39, 0.29) is 12.1 Å². The Kier molecular flexibility index (Phi) is 4.59. The molecule has 0 saturated carbocycles. The molecule has 0 atom stereocenters. The van der Waals surface area contributed by atoms with E-state index in [1.54, 1.807) is 20.8 Å². The highest BCUT2D eigenvalue weighted by atomic mass is 16.6. The number of ether oxygens (including phenoxy) is 2. The summed E-state index contributed by atoms with van der Waals surface area (Å²) in [5.74, 6) is -1.76. The summed E-state index contributed by atoms with van der Waals surface area (Å²) in [7, 11) is 1.18. The van der Waals surface area contributed by atoms with Gasteiger partial charge in [-0.25, -0.2) is 4.79 Å². The predicted octanol–water partition coefficient (Wildman–Crippen LogP) is -0.0608. The van der Waals surface area contributed by atoms with Crippen LogP contribution >= 0.6 is 0 Å². The van der Waals surface area contributed by atoms with Crippen LogP contribution in [0.25, 0.3) is 0 Å². The average molecular weight is 286 g/mol. The van der Waals surface area contributed by atoms with E-state index in [0.29, 0.717) is 0 Å². The van der Waals surface area contributed by atoms with E-state index in [0.717, 1.165) is 4.57 Å². The summed E-state index contributed by atoms with van der Waals surface area (Å²) in [6, 6.07) is 0. The Morgan fingerprint density at radius 1 is 1.30 bits per heavy atom. The summed E-state index contributed by atoms with van der Waals surface area (Å²) >= 11 is 0. The molecule has 0 aliphatic carbocycles. The molecule has 0 bridgehead atoms. The van der Waals surface area contributed by atoms with E-state index in [1.165, 1.54) is 7.11 Å². The van der Waals surface area contributed by atoms with Crippen molar-refractivity contribution in [2.75, 3.05) is 7.11 Å². The number of aromatic nitrogens is 2. The monoisotopic (exact) mass is 286 g/mol. The predicted molar refractivity (Wildman–Crippen MR) is 68.3 cm³/mol. The highest BCUT2D eigenvalue weighted by molar-refractivity contribution is 5.73. The van der Waals surface area contributed by atoms with Crippen LogP contribution in [0.2, 0.25) is 0 Å². The number of methoxy groups -OCH3 is 1. The lowest BCUT2D eigenvalue weighted by molar-refractivity contribution is -0.155.